The molecule has 5 heteroatoms. The minimum Gasteiger partial charge on any atom is -0.465 e. The zero-order valence-electron chi connectivity index (χ0n) is 22.2. The van der Waals surface area contributed by atoms with Gasteiger partial charge in [-0.2, -0.15) is 0 Å². The summed E-state index contributed by atoms with van der Waals surface area (Å²) < 4.78 is 19.0. The fourth-order valence-corrected chi connectivity index (χ4v) is 5.34. The normalized spacial score (nSPS) is 15.8. The van der Waals surface area contributed by atoms with Gasteiger partial charge >= 0.3 is 5.97 Å². The van der Waals surface area contributed by atoms with Crippen LogP contribution in [-0.4, -0.2) is 50.2 Å². The molecule has 3 aromatic carbocycles. The van der Waals surface area contributed by atoms with Crippen molar-refractivity contribution >= 4 is 11.7 Å². The van der Waals surface area contributed by atoms with Crippen molar-refractivity contribution in [3.8, 4) is 11.1 Å². The Labute approximate surface area is 221 Å². The standard InChI is InChI=1S/C32H39FN2O2/c1-3-24-37-31(36)32(4-2,28-11-6-5-7-12-28)18-9-19-34-20-22-35(23-21-34)30-13-8-10-27(25-30)26-14-16-29(33)17-15-26/h5-8,10-17,25H,3-4,9,18-24H2,1-2H3. The zero-order chi connectivity index (χ0) is 26.1. The number of benzene rings is 3. The van der Waals surface area contributed by atoms with Gasteiger partial charge in [-0.25, -0.2) is 4.39 Å². The minimum atomic E-state index is -0.584. The number of carbonyl (C=O) groups excluding carboxylic acids is 1. The van der Waals surface area contributed by atoms with E-state index in [2.05, 4.69) is 53.1 Å². The number of anilines is 1. The maximum atomic E-state index is 13.3. The van der Waals surface area contributed by atoms with Gasteiger partial charge in [-0.3, -0.25) is 9.69 Å². The van der Waals surface area contributed by atoms with Gasteiger partial charge < -0.3 is 9.64 Å². The smallest absolute Gasteiger partial charge is 0.316 e. The van der Waals surface area contributed by atoms with Crippen molar-refractivity contribution in [2.75, 3.05) is 44.2 Å². The van der Waals surface area contributed by atoms with Gasteiger partial charge in [0.25, 0.3) is 0 Å². The lowest BCUT2D eigenvalue weighted by molar-refractivity contribution is -0.151. The topological polar surface area (TPSA) is 32.8 Å². The summed E-state index contributed by atoms with van der Waals surface area (Å²) in [7, 11) is 0. The van der Waals surface area contributed by atoms with E-state index in [1.807, 2.05) is 37.3 Å². The van der Waals surface area contributed by atoms with E-state index in [4.69, 9.17) is 4.74 Å². The van der Waals surface area contributed by atoms with Crippen LogP contribution < -0.4 is 4.90 Å². The SMILES string of the molecule is CCCOC(=O)C(CC)(CCCN1CCN(c2cccc(-c3ccc(F)cc3)c2)CC1)c1ccccc1. The molecular formula is C32H39FN2O2. The Bertz CT molecular complexity index is 1130. The summed E-state index contributed by atoms with van der Waals surface area (Å²) in [5, 5.41) is 0. The Morgan fingerprint density at radius 2 is 1.62 bits per heavy atom. The lowest BCUT2D eigenvalue weighted by Gasteiger charge is -2.37. The first-order valence-corrected chi connectivity index (χ1v) is 13.6. The zero-order valence-corrected chi connectivity index (χ0v) is 22.2. The van der Waals surface area contributed by atoms with Crippen LogP contribution in [0.1, 0.15) is 45.1 Å². The first-order chi connectivity index (χ1) is 18.1. The third kappa shape index (κ3) is 6.58. The number of hydrogen-bond donors (Lipinski definition) is 0. The van der Waals surface area contributed by atoms with Crippen LogP contribution in [0, 0.1) is 5.82 Å². The van der Waals surface area contributed by atoms with Crippen LogP contribution in [0.15, 0.2) is 78.9 Å². The number of esters is 1. The van der Waals surface area contributed by atoms with Crippen LogP contribution in [0.5, 0.6) is 0 Å². The molecule has 1 aliphatic rings. The average molecular weight is 503 g/mol. The van der Waals surface area contributed by atoms with Gasteiger partial charge in [-0.05, 0) is 73.2 Å². The predicted molar refractivity (Wildman–Crippen MR) is 149 cm³/mol. The summed E-state index contributed by atoms with van der Waals surface area (Å²) in [5.41, 5.74) is 3.81. The van der Waals surface area contributed by atoms with Crippen molar-refractivity contribution in [2.24, 2.45) is 0 Å². The molecule has 196 valence electrons. The van der Waals surface area contributed by atoms with Crippen LogP contribution in [-0.2, 0) is 14.9 Å². The highest BCUT2D eigenvalue weighted by Gasteiger charge is 2.39. The van der Waals surface area contributed by atoms with Gasteiger partial charge in [0.05, 0.1) is 12.0 Å². The van der Waals surface area contributed by atoms with Crippen molar-refractivity contribution < 1.29 is 13.9 Å². The van der Waals surface area contributed by atoms with E-state index in [0.29, 0.717) is 6.61 Å². The molecule has 4 nitrogen and oxygen atoms in total. The fraction of sp³-hybridized carbons (Fsp3) is 0.406. The molecule has 0 saturated carbocycles. The van der Waals surface area contributed by atoms with Crippen LogP contribution in [0.25, 0.3) is 11.1 Å². The summed E-state index contributed by atoms with van der Waals surface area (Å²) in [4.78, 5) is 18.1. The highest BCUT2D eigenvalue weighted by atomic mass is 19.1. The van der Waals surface area contributed by atoms with E-state index in [-0.39, 0.29) is 11.8 Å². The van der Waals surface area contributed by atoms with Crippen LogP contribution >= 0.6 is 0 Å². The van der Waals surface area contributed by atoms with Crippen molar-refractivity contribution in [3.63, 3.8) is 0 Å². The molecule has 0 radical (unpaired) electrons. The molecule has 1 heterocycles. The van der Waals surface area contributed by atoms with Crippen molar-refractivity contribution in [1.29, 1.82) is 0 Å². The largest absolute Gasteiger partial charge is 0.465 e. The number of carbonyl (C=O) groups is 1. The van der Waals surface area contributed by atoms with Gasteiger partial charge in [0.15, 0.2) is 0 Å². The second kappa shape index (κ2) is 12.9. The fourth-order valence-electron chi connectivity index (χ4n) is 5.34. The molecular weight excluding hydrogens is 463 g/mol. The monoisotopic (exact) mass is 502 g/mol. The van der Waals surface area contributed by atoms with E-state index >= 15 is 0 Å². The Morgan fingerprint density at radius 1 is 0.892 bits per heavy atom. The van der Waals surface area contributed by atoms with E-state index in [9.17, 15) is 9.18 Å². The Morgan fingerprint density at radius 3 is 2.30 bits per heavy atom. The predicted octanol–water partition coefficient (Wildman–Crippen LogP) is 6.70. The van der Waals surface area contributed by atoms with Crippen molar-refractivity contribution in [2.45, 2.75) is 44.9 Å². The van der Waals surface area contributed by atoms with Gasteiger partial charge in [0.1, 0.15) is 5.82 Å². The summed E-state index contributed by atoms with van der Waals surface area (Å²) in [6.07, 6.45) is 3.30. The third-order valence-electron chi connectivity index (χ3n) is 7.60. The minimum absolute atomic E-state index is 0.0890. The molecule has 0 aromatic heterocycles. The Kier molecular flexibility index (Phi) is 9.34. The molecule has 0 bridgehead atoms. The second-order valence-electron chi connectivity index (χ2n) is 9.93. The first-order valence-electron chi connectivity index (χ1n) is 13.6. The van der Waals surface area contributed by atoms with E-state index in [0.717, 1.165) is 75.1 Å². The molecule has 1 atom stereocenters. The van der Waals surface area contributed by atoms with Crippen molar-refractivity contribution in [3.05, 3.63) is 90.2 Å². The lowest BCUT2D eigenvalue weighted by atomic mass is 9.74. The van der Waals surface area contributed by atoms with Crippen molar-refractivity contribution in [1.82, 2.24) is 4.90 Å². The number of hydrogen-bond acceptors (Lipinski definition) is 4. The molecule has 0 aliphatic carbocycles. The quantitative estimate of drug-likeness (QED) is 0.273. The molecule has 1 aliphatic heterocycles. The molecule has 1 saturated heterocycles. The van der Waals surface area contributed by atoms with Crippen LogP contribution in [0.2, 0.25) is 0 Å². The highest BCUT2D eigenvalue weighted by molar-refractivity contribution is 5.83. The molecule has 1 fully saturated rings. The molecule has 1 unspecified atom stereocenters. The average Bonchev–Trinajstić information content (AvgIpc) is 2.95. The van der Waals surface area contributed by atoms with Crippen LogP contribution in [0.4, 0.5) is 10.1 Å². The van der Waals surface area contributed by atoms with E-state index in [1.54, 1.807) is 0 Å². The number of piperazine rings is 1. The van der Waals surface area contributed by atoms with E-state index in [1.165, 1.54) is 17.8 Å². The molecule has 0 spiro atoms. The number of halogens is 1. The van der Waals surface area contributed by atoms with Gasteiger partial charge in [0, 0.05) is 31.9 Å². The Hall–Kier alpha value is -3.18. The molecule has 0 amide bonds. The summed E-state index contributed by atoms with van der Waals surface area (Å²) in [6.45, 7) is 9.47. The molecule has 0 N–H and O–H groups in total. The van der Waals surface area contributed by atoms with Crippen LogP contribution in [0.3, 0.4) is 0 Å². The molecule has 37 heavy (non-hydrogen) atoms. The number of nitrogens with zero attached hydrogens (tertiary/aromatic N) is 2. The summed E-state index contributed by atoms with van der Waals surface area (Å²) >= 11 is 0. The maximum Gasteiger partial charge on any atom is 0.316 e. The molecule has 3 aromatic rings. The molecule has 4 rings (SSSR count). The van der Waals surface area contributed by atoms with Gasteiger partial charge in [-0.1, -0.05) is 68.4 Å². The highest BCUT2D eigenvalue weighted by Crippen LogP contribution is 2.35. The van der Waals surface area contributed by atoms with Gasteiger partial charge in [-0.15, -0.1) is 0 Å². The number of rotatable bonds is 11. The lowest BCUT2D eigenvalue weighted by Crippen LogP contribution is -2.47. The Balaban J connectivity index is 1.34. The number of ether oxygens (including phenoxy) is 1. The van der Waals surface area contributed by atoms with Gasteiger partial charge in [0.2, 0.25) is 0 Å². The summed E-state index contributed by atoms with van der Waals surface area (Å²) in [5.74, 6) is -0.303. The second-order valence-corrected chi connectivity index (χ2v) is 9.93. The maximum absolute atomic E-state index is 13.3. The summed E-state index contributed by atoms with van der Waals surface area (Å²) in [6, 6.07) is 25.3. The third-order valence-corrected chi connectivity index (χ3v) is 7.60. The van der Waals surface area contributed by atoms with E-state index < -0.39 is 5.41 Å². The first kappa shape index (κ1) is 26.9.